The maximum Gasteiger partial charge on any atom is 0.293 e. The van der Waals surface area contributed by atoms with Gasteiger partial charge < -0.3 is 5.32 Å². The molecule has 0 radical (unpaired) electrons. The van der Waals surface area contributed by atoms with Gasteiger partial charge in [0.25, 0.3) is 10.0 Å². The Labute approximate surface area is 161 Å². The number of hydrogen-bond acceptors (Lipinski definition) is 3. The molecule has 0 fully saturated rings. The third-order valence-electron chi connectivity index (χ3n) is 4.02. The number of rotatable bonds is 4. The molecule has 0 unspecified atom stereocenters. The number of nitrogens with one attached hydrogen (secondary N) is 1. The van der Waals surface area contributed by atoms with Crippen LogP contribution >= 0.6 is 11.3 Å². The minimum Gasteiger partial charge on any atom is -0.339 e. The van der Waals surface area contributed by atoms with Gasteiger partial charge in [-0.2, -0.15) is 8.42 Å². The lowest BCUT2D eigenvalue weighted by Gasteiger charge is -2.11. The molecular weight excluding hydrogens is 376 g/mol. The normalized spacial score (nSPS) is 12.2. The first-order valence-electron chi connectivity index (χ1n) is 8.31. The van der Waals surface area contributed by atoms with Gasteiger partial charge in [-0.3, -0.25) is 0 Å². The van der Waals surface area contributed by atoms with E-state index in [1.165, 1.54) is 0 Å². The number of amidine groups is 1. The number of anilines is 1. The van der Waals surface area contributed by atoms with Crippen LogP contribution in [0.2, 0.25) is 0 Å². The minimum absolute atomic E-state index is 0.219. The highest BCUT2D eigenvalue weighted by atomic mass is 32.2. The Bertz CT molecular complexity index is 1200. The summed E-state index contributed by atoms with van der Waals surface area (Å²) >= 11 is 1.15. The lowest BCUT2D eigenvalue weighted by Crippen LogP contribution is -2.16. The largest absolute Gasteiger partial charge is 0.339 e. The first kappa shape index (κ1) is 17.5. The van der Waals surface area contributed by atoms with Crippen LogP contribution in [0.3, 0.4) is 0 Å². The van der Waals surface area contributed by atoms with Gasteiger partial charge >= 0.3 is 0 Å². The molecule has 1 heterocycles. The molecule has 6 heteroatoms. The molecule has 134 valence electrons. The van der Waals surface area contributed by atoms with Crippen LogP contribution in [0.25, 0.3) is 10.8 Å². The second-order valence-corrected chi connectivity index (χ2v) is 8.68. The first-order valence-corrected chi connectivity index (χ1v) is 10.6. The van der Waals surface area contributed by atoms with Crippen molar-refractivity contribution in [3.63, 3.8) is 0 Å². The van der Waals surface area contributed by atoms with Crippen LogP contribution in [-0.2, 0) is 10.0 Å². The van der Waals surface area contributed by atoms with Crippen molar-refractivity contribution >= 4 is 43.7 Å². The van der Waals surface area contributed by atoms with E-state index in [0.717, 1.165) is 27.8 Å². The summed E-state index contributed by atoms with van der Waals surface area (Å²) in [6, 6.07) is 26.4. The van der Waals surface area contributed by atoms with E-state index in [4.69, 9.17) is 0 Å². The van der Waals surface area contributed by atoms with E-state index in [1.54, 1.807) is 17.5 Å². The van der Waals surface area contributed by atoms with E-state index in [0.29, 0.717) is 11.4 Å². The monoisotopic (exact) mass is 392 g/mol. The van der Waals surface area contributed by atoms with Crippen molar-refractivity contribution in [1.82, 2.24) is 0 Å². The van der Waals surface area contributed by atoms with Gasteiger partial charge in [0, 0.05) is 11.3 Å². The summed E-state index contributed by atoms with van der Waals surface area (Å²) in [5.41, 5.74) is 1.48. The zero-order valence-corrected chi connectivity index (χ0v) is 15.9. The Morgan fingerprint density at radius 2 is 1.56 bits per heavy atom. The molecule has 4 nitrogen and oxygen atoms in total. The third-order valence-corrected chi connectivity index (χ3v) is 6.67. The van der Waals surface area contributed by atoms with Gasteiger partial charge in [0.15, 0.2) is 5.84 Å². The van der Waals surface area contributed by atoms with E-state index in [9.17, 15) is 8.42 Å². The Morgan fingerprint density at radius 3 is 2.30 bits per heavy atom. The second kappa shape index (κ2) is 7.34. The maximum atomic E-state index is 12.7. The van der Waals surface area contributed by atoms with Gasteiger partial charge in [0.1, 0.15) is 4.21 Å². The molecule has 4 aromatic rings. The van der Waals surface area contributed by atoms with Crippen molar-refractivity contribution in [2.75, 3.05) is 5.32 Å². The Kier molecular flexibility index (Phi) is 4.75. The summed E-state index contributed by atoms with van der Waals surface area (Å²) in [5.74, 6) is 0.291. The summed E-state index contributed by atoms with van der Waals surface area (Å²) in [6.45, 7) is 0. The van der Waals surface area contributed by atoms with Gasteiger partial charge in [-0.1, -0.05) is 66.7 Å². The van der Waals surface area contributed by atoms with Crippen LogP contribution in [-0.4, -0.2) is 14.3 Å². The smallest absolute Gasteiger partial charge is 0.293 e. The lowest BCUT2D eigenvalue weighted by atomic mass is 10.1. The number of fused-ring (bicyclic) bond motifs is 1. The standard InChI is InChI=1S/C21H16N2O2S2/c24-27(25,20-11-6-14-26-20)23-21(17-8-2-1-3-9-17)22-19-13-12-16-7-4-5-10-18(16)15-19/h1-15H,(H,22,23). The summed E-state index contributed by atoms with van der Waals surface area (Å²) in [7, 11) is -3.78. The number of thiophene rings is 1. The van der Waals surface area contributed by atoms with Gasteiger partial charge in [0.05, 0.1) is 0 Å². The fourth-order valence-corrected chi connectivity index (χ4v) is 4.67. The average molecular weight is 393 g/mol. The quantitative estimate of drug-likeness (QED) is 0.386. The highest BCUT2D eigenvalue weighted by Crippen LogP contribution is 2.22. The predicted molar refractivity (Wildman–Crippen MR) is 112 cm³/mol. The fourth-order valence-electron chi connectivity index (χ4n) is 2.72. The molecule has 0 saturated carbocycles. The fraction of sp³-hybridized carbons (Fsp3) is 0. The van der Waals surface area contributed by atoms with Crippen LogP contribution in [0.4, 0.5) is 5.69 Å². The maximum absolute atomic E-state index is 12.7. The van der Waals surface area contributed by atoms with Crippen molar-refractivity contribution in [2.24, 2.45) is 4.40 Å². The molecule has 0 amide bonds. The molecular formula is C21H16N2O2S2. The van der Waals surface area contributed by atoms with E-state index in [-0.39, 0.29) is 4.21 Å². The predicted octanol–water partition coefficient (Wildman–Crippen LogP) is 5.15. The summed E-state index contributed by atoms with van der Waals surface area (Å²) in [6.07, 6.45) is 0. The Morgan fingerprint density at radius 1 is 0.815 bits per heavy atom. The van der Waals surface area contributed by atoms with Crippen molar-refractivity contribution in [3.05, 3.63) is 95.9 Å². The third kappa shape index (κ3) is 3.92. The summed E-state index contributed by atoms with van der Waals surface area (Å²) in [5, 5.41) is 7.09. The van der Waals surface area contributed by atoms with Crippen molar-refractivity contribution < 1.29 is 8.42 Å². The molecule has 1 aromatic heterocycles. The molecule has 27 heavy (non-hydrogen) atoms. The summed E-state index contributed by atoms with van der Waals surface area (Å²) < 4.78 is 29.6. The zero-order chi connectivity index (χ0) is 18.7. The molecule has 0 atom stereocenters. The van der Waals surface area contributed by atoms with E-state index >= 15 is 0 Å². The average Bonchev–Trinajstić information content (AvgIpc) is 3.24. The van der Waals surface area contributed by atoms with Crippen LogP contribution in [0.5, 0.6) is 0 Å². The topological polar surface area (TPSA) is 58.5 Å². The van der Waals surface area contributed by atoms with Gasteiger partial charge in [0.2, 0.25) is 0 Å². The zero-order valence-electron chi connectivity index (χ0n) is 14.2. The Balaban J connectivity index is 1.77. The van der Waals surface area contributed by atoms with Crippen molar-refractivity contribution in [2.45, 2.75) is 4.21 Å². The van der Waals surface area contributed by atoms with Gasteiger partial charge in [-0.05, 0) is 34.4 Å². The highest BCUT2D eigenvalue weighted by Gasteiger charge is 2.17. The van der Waals surface area contributed by atoms with Crippen LogP contribution in [0, 0.1) is 0 Å². The lowest BCUT2D eigenvalue weighted by molar-refractivity contribution is 0.600. The molecule has 0 saturated heterocycles. The van der Waals surface area contributed by atoms with Crippen molar-refractivity contribution in [1.29, 1.82) is 0 Å². The molecule has 0 bridgehead atoms. The number of sulfonamides is 1. The molecule has 0 aliphatic carbocycles. The highest BCUT2D eigenvalue weighted by molar-refractivity contribution is 7.92. The molecule has 0 aliphatic rings. The first-order chi connectivity index (χ1) is 13.1. The molecule has 4 rings (SSSR count). The molecule has 0 aliphatic heterocycles. The van der Waals surface area contributed by atoms with Crippen molar-refractivity contribution in [3.8, 4) is 0 Å². The van der Waals surface area contributed by atoms with E-state index < -0.39 is 10.0 Å². The van der Waals surface area contributed by atoms with Crippen LogP contribution in [0.15, 0.2) is 98.9 Å². The molecule has 1 N–H and O–H groups in total. The SMILES string of the molecule is O=S(=O)(/N=C(\Nc1ccc2ccccc2c1)c1ccccc1)c1cccs1. The van der Waals surface area contributed by atoms with Crippen LogP contribution in [0.1, 0.15) is 5.56 Å². The van der Waals surface area contributed by atoms with E-state index in [1.807, 2.05) is 72.8 Å². The summed E-state index contributed by atoms with van der Waals surface area (Å²) in [4.78, 5) is 0. The Hall–Kier alpha value is -2.96. The van der Waals surface area contributed by atoms with Gasteiger partial charge in [-0.15, -0.1) is 15.7 Å². The number of nitrogens with zero attached hydrogens (tertiary/aromatic N) is 1. The number of hydrogen-bond donors (Lipinski definition) is 1. The van der Waals surface area contributed by atoms with E-state index in [2.05, 4.69) is 9.71 Å². The second-order valence-electron chi connectivity index (χ2n) is 5.90. The molecule has 3 aromatic carbocycles. The van der Waals surface area contributed by atoms with Gasteiger partial charge in [-0.25, -0.2) is 0 Å². The number of benzene rings is 3. The van der Waals surface area contributed by atoms with Crippen LogP contribution < -0.4 is 5.32 Å². The minimum atomic E-state index is -3.78. The molecule has 0 spiro atoms.